The molecule has 0 aliphatic rings. The lowest BCUT2D eigenvalue weighted by atomic mass is 10.4. The monoisotopic (exact) mass is 314 g/mol. The Labute approximate surface area is 123 Å². The van der Waals surface area contributed by atoms with Crippen molar-refractivity contribution in [3.8, 4) is 0 Å². The summed E-state index contributed by atoms with van der Waals surface area (Å²) in [7, 11) is -2.02. The van der Waals surface area contributed by atoms with E-state index in [0.717, 1.165) is 11.4 Å². The molecule has 110 valence electrons. The zero-order valence-corrected chi connectivity index (χ0v) is 13.1. The molecule has 0 saturated carbocycles. The van der Waals surface area contributed by atoms with Crippen molar-refractivity contribution < 1.29 is 12.8 Å². The predicted octanol–water partition coefficient (Wildman–Crippen LogP) is 2.27. The Kier molecular flexibility index (Phi) is 4.98. The van der Waals surface area contributed by atoms with Gasteiger partial charge >= 0.3 is 0 Å². The average Bonchev–Trinajstić information content (AvgIpc) is 3.07. The second-order valence-electron chi connectivity index (χ2n) is 4.34. The molecule has 2 aromatic rings. The molecule has 0 unspecified atom stereocenters. The van der Waals surface area contributed by atoms with E-state index in [-0.39, 0.29) is 5.09 Å². The molecule has 2 heterocycles. The van der Waals surface area contributed by atoms with Gasteiger partial charge in [-0.15, -0.1) is 11.3 Å². The molecular formula is C13H18N2O3S2. The highest BCUT2D eigenvalue weighted by Gasteiger charge is 2.24. The number of hydrogen-bond acceptors (Lipinski definition) is 5. The summed E-state index contributed by atoms with van der Waals surface area (Å²) in [5, 5.41) is 5.01. The molecule has 0 aromatic carbocycles. The van der Waals surface area contributed by atoms with Crippen LogP contribution in [-0.4, -0.2) is 26.3 Å². The van der Waals surface area contributed by atoms with E-state index in [0.29, 0.717) is 18.8 Å². The lowest BCUT2D eigenvalue weighted by Gasteiger charge is -2.14. The first kappa shape index (κ1) is 15.2. The summed E-state index contributed by atoms with van der Waals surface area (Å²) in [6.45, 7) is 3.67. The molecule has 0 spiro atoms. The first-order valence-corrected chi connectivity index (χ1v) is 8.64. The predicted molar refractivity (Wildman–Crippen MR) is 79.1 cm³/mol. The Hall–Kier alpha value is -1.15. The summed E-state index contributed by atoms with van der Waals surface area (Å²) in [6, 6.07) is 7.01. The summed E-state index contributed by atoms with van der Waals surface area (Å²) in [5.41, 5.74) is 0. The number of hydrogen-bond donors (Lipinski definition) is 1. The van der Waals surface area contributed by atoms with Crippen molar-refractivity contribution in [2.24, 2.45) is 0 Å². The lowest BCUT2D eigenvalue weighted by molar-refractivity contribution is 0.381. The van der Waals surface area contributed by atoms with Gasteiger partial charge in [-0.25, -0.2) is 8.42 Å². The Morgan fingerprint density at radius 3 is 2.80 bits per heavy atom. The van der Waals surface area contributed by atoms with Gasteiger partial charge in [0.15, 0.2) is 0 Å². The van der Waals surface area contributed by atoms with Gasteiger partial charge in [0.2, 0.25) is 5.09 Å². The van der Waals surface area contributed by atoms with Gasteiger partial charge in [-0.05, 0) is 30.1 Å². The minimum absolute atomic E-state index is 0.00976. The third-order valence-corrected chi connectivity index (χ3v) is 5.35. The summed E-state index contributed by atoms with van der Waals surface area (Å²) in [4.78, 5) is 0.996. The van der Waals surface area contributed by atoms with Crippen molar-refractivity contribution in [2.75, 3.05) is 13.6 Å². The molecule has 5 nitrogen and oxygen atoms in total. The molecule has 0 saturated heterocycles. The first-order chi connectivity index (χ1) is 9.54. The van der Waals surface area contributed by atoms with Gasteiger partial charge in [0, 0.05) is 18.5 Å². The number of furan rings is 1. The van der Waals surface area contributed by atoms with Crippen molar-refractivity contribution in [1.82, 2.24) is 9.62 Å². The van der Waals surface area contributed by atoms with Gasteiger partial charge < -0.3 is 9.73 Å². The Bertz CT molecular complexity index is 632. The van der Waals surface area contributed by atoms with Crippen LogP contribution in [0.4, 0.5) is 0 Å². The third kappa shape index (κ3) is 3.49. The van der Waals surface area contributed by atoms with Crippen LogP contribution in [0.1, 0.15) is 17.6 Å². The molecule has 0 aliphatic carbocycles. The number of nitrogens with one attached hydrogen (secondary N) is 1. The van der Waals surface area contributed by atoms with Crippen LogP contribution in [0.2, 0.25) is 0 Å². The fourth-order valence-electron chi connectivity index (χ4n) is 1.70. The van der Waals surface area contributed by atoms with Gasteiger partial charge in [-0.3, -0.25) is 0 Å². The van der Waals surface area contributed by atoms with E-state index >= 15 is 0 Å². The van der Waals surface area contributed by atoms with Gasteiger partial charge in [0.05, 0.1) is 6.54 Å². The van der Waals surface area contributed by atoms with Crippen molar-refractivity contribution in [2.45, 2.75) is 25.1 Å². The normalized spacial score (nSPS) is 12.2. The number of sulfonamides is 1. The fraction of sp³-hybridized carbons (Fsp3) is 0.385. The average molecular weight is 314 g/mol. The molecule has 0 fully saturated rings. The molecule has 1 N–H and O–H groups in total. The largest absolute Gasteiger partial charge is 0.447 e. The maximum absolute atomic E-state index is 12.4. The van der Waals surface area contributed by atoms with Crippen molar-refractivity contribution in [3.63, 3.8) is 0 Å². The van der Waals surface area contributed by atoms with E-state index in [1.807, 2.05) is 24.4 Å². The van der Waals surface area contributed by atoms with E-state index in [2.05, 4.69) is 5.32 Å². The van der Waals surface area contributed by atoms with E-state index in [9.17, 15) is 8.42 Å². The molecule has 0 amide bonds. The van der Waals surface area contributed by atoms with Crippen LogP contribution < -0.4 is 5.32 Å². The van der Waals surface area contributed by atoms with Gasteiger partial charge in [-0.1, -0.05) is 13.0 Å². The van der Waals surface area contributed by atoms with E-state index < -0.39 is 10.0 Å². The molecule has 0 bridgehead atoms. The standard InChI is InChI=1S/C13H18N2O3S2/c1-3-14-9-11-6-7-13(18-11)20(16,17)15(2)10-12-5-4-8-19-12/h4-8,14H,3,9-10H2,1-2H3. The highest BCUT2D eigenvalue weighted by Crippen LogP contribution is 2.20. The Morgan fingerprint density at radius 2 is 2.15 bits per heavy atom. The van der Waals surface area contributed by atoms with Crippen molar-refractivity contribution >= 4 is 21.4 Å². The zero-order chi connectivity index (χ0) is 14.6. The van der Waals surface area contributed by atoms with Crippen LogP contribution in [0.25, 0.3) is 0 Å². The highest BCUT2D eigenvalue weighted by molar-refractivity contribution is 7.88. The van der Waals surface area contributed by atoms with Gasteiger partial charge in [0.25, 0.3) is 10.0 Å². The van der Waals surface area contributed by atoms with Crippen LogP contribution >= 0.6 is 11.3 Å². The van der Waals surface area contributed by atoms with E-state index in [4.69, 9.17) is 4.42 Å². The lowest BCUT2D eigenvalue weighted by Crippen LogP contribution is -2.25. The van der Waals surface area contributed by atoms with Gasteiger partial charge in [-0.2, -0.15) is 4.31 Å². The molecule has 7 heteroatoms. The summed E-state index contributed by atoms with van der Waals surface area (Å²) < 4.78 is 31.4. The summed E-state index contributed by atoms with van der Waals surface area (Å²) in [6.07, 6.45) is 0. The number of nitrogens with zero attached hydrogens (tertiary/aromatic N) is 1. The molecular weight excluding hydrogens is 296 g/mol. The SMILES string of the molecule is CCNCc1ccc(S(=O)(=O)N(C)Cc2cccs2)o1. The Morgan fingerprint density at radius 1 is 1.35 bits per heavy atom. The number of thiophene rings is 1. The van der Waals surface area contributed by atoms with Crippen LogP contribution in [0.15, 0.2) is 39.2 Å². The molecule has 0 aliphatic heterocycles. The molecule has 20 heavy (non-hydrogen) atoms. The zero-order valence-electron chi connectivity index (χ0n) is 11.5. The fourth-order valence-corrected chi connectivity index (χ4v) is 3.61. The second kappa shape index (κ2) is 6.53. The molecule has 2 aromatic heterocycles. The number of rotatable bonds is 7. The first-order valence-electron chi connectivity index (χ1n) is 6.32. The quantitative estimate of drug-likeness (QED) is 0.851. The summed E-state index contributed by atoms with van der Waals surface area (Å²) >= 11 is 1.53. The third-order valence-electron chi connectivity index (χ3n) is 2.81. The second-order valence-corrected chi connectivity index (χ2v) is 7.35. The smallest absolute Gasteiger partial charge is 0.276 e. The highest BCUT2D eigenvalue weighted by atomic mass is 32.2. The summed E-state index contributed by atoms with van der Waals surface area (Å²) in [5.74, 6) is 0.620. The van der Waals surface area contributed by atoms with Crippen LogP contribution in [0, 0.1) is 0 Å². The maximum Gasteiger partial charge on any atom is 0.276 e. The van der Waals surface area contributed by atoms with Gasteiger partial charge in [0.1, 0.15) is 5.76 Å². The minimum atomic E-state index is -3.57. The molecule has 0 atom stereocenters. The topological polar surface area (TPSA) is 62.6 Å². The maximum atomic E-state index is 12.4. The van der Waals surface area contributed by atoms with Crippen LogP contribution in [0.3, 0.4) is 0 Å². The molecule has 2 rings (SSSR count). The van der Waals surface area contributed by atoms with Crippen molar-refractivity contribution in [1.29, 1.82) is 0 Å². The Balaban J connectivity index is 2.10. The van der Waals surface area contributed by atoms with Crippen LogP contribution in [0.5, 0.6) is 0 Å². The molecule has 0 radical (unpaired) electrons. The van der Waals surface area contributed by atoms with E-state index in [1.165, 1.54) is 21.7 Å². The van der Waals surface area contributed by atoms with Crippen LogP contribution in [-0.2, 0) is 23.1 Å². The van der Waals surface area contributed by atoms with E-state index in [1.54, 1.807) is 13.1 Å². The minimum Gasteiger partial charge on any atom is -0.447 e. The van der Waals surface area contributed by atoms with Crippen molar-refractivity contribution in [3.05, 3.63) is 40.3 Å².